The van der Waals surface area contributed by atoms with Crippen molar-refractivity contribution in [2.75, 3.05) is 7.11 Å². The van der Waals surface area contributed by atoms with Gasteiger partial charge in [0.05, 0.1) is 24.9 Å². The lowest BCUT2D eigenvalue weighted by molar-refractivity contribution is 0.414. The number of methoxy groups -OCH3 is 1. The molecule has 7 nitrogen and oxygen atoms in total. The first kappa shape index (κ1) is 16.4. The Bertz CT molecular complexity index is 1220. The molecular formula is C21H16N6O. The predicted molar refractivity (Wildman–Crippen MR) is 102 cm³/mol. The summed E-state index contributed by atoms with van der Waals surface area (Å²) in [5.41, 5.74) is 4.51. The van der Waals surface area contributed by atoms with Crippen molar-refractivity contribution in [3.63, 3.8) is 0 Å². The number of nitrogens with zero attached hydrogens (tertiary/aromatic N) is 6. The van der Waals surface area contributed by atoms with Gasteiger partial charge in [-0.1, -0.05) is 18.2 Å². The first-order chi connectivity index (χ1) is 13.7. The quantitative estimate of drug-likeness (QED) is 0.550. The van der Waals surface area contributed by atoms with Crippen molar-refractivity contribution in [2.24, 2.45) is 0 Å². The molecule has 0 radical (unpaired) electrons. The second-order valence-electron chi connectivity index (χ2n) is 6.90. The van der Waals surface area contributed by atoms with Gasteiger partial charge in [0.1, 0.15) is 17.8 Å². The summed E-state index contributed by atoms with van der Waals surface area (Å²) in [6.07, 6.45) is 5.28. The molecule has 0 amide bonds. The van der Waals surface area contributed by atoms with Gasteiger partial charge in [-0.15, -0.1) is 10.2 Å². The Hall–Kier alpha value is -3.79. The molecule has 0 atom stereocenters. The maximum absolute atomic E-state index is 9.45. The van der Waals surface area contributed by atoms with Crippen molar-refractivity contribution in [3.05, 3.63) is 71.7 Å². The molecule has 0 N–H and O–H groups in total. The van der Waals surface area contributed by atoms with Crippen LogP contribution in [0.25, 0.3) is 17.0 Å². The normalized spacial score (nSPS) is 14.6. The number of fused-ring (bicyclic) bond motifs is 1. The van der Waals surface area contributed by atoms with Crippen molar-refractivity contribution in [1.29, 1.82) is 5.26 Å². The van der Waals surface area contributed by atoms with Crippen LogP contribution in [0, 0.1) is 11.3 Å². The molecule has 0 aliphatic heterocycles. The maximum atomic E-state index is 9.45. The van der Waals surface area contributed by atoms with Crippen molar-refractivity contribution in [2.45, 2.75) is 18.3 Å². The van der Waals surface area contributed by atoms with E-state index in [0.717, 1.165) is 35.4 Å². The zero-order valence-corrected chi connectivity index (χ0v) is 15.2. The minimum atomic E-state index is -0.127. The Morgan fingerprint density at radius 2 is 1.96 bits per heavy atom. The third-order valence-corrected chi connectivity index (χ3v) is 5.36. The SMILES string of the molecule is COc1ccc(C2(c3cc(C#N)ccc3-c3cnc4nncn4n3)CC2)cc1. The average molecular weight is 368 g/mol. The van der Waals surface area contributed by atoms with E-state index < -0.39 is 0 Å². The summed E-state index contributed by atoms with van der Waals surface area (Å²) in [5.74, 6) is 1.28. The second-order valence-corrected chi connectivity index (χ2v) is 6.90. The zero-order valence-electron chi connectivity index (χ0n) is 15.2. The van der Waals surface area contributed by atoms with Crippen LogP contribution in [0.4, 0.5) is 0 Å². The molecule has 0 unspecified atom stereocenters. The molecule has 136 valence electrons. The molecule has 2 aromatic carbocycles. The summed E-state index contributed by atoms with van der Waals surface area (Å²) < 4.78 is 6.85. The molecular weight excluding hydrogens is 352 g/mol. The molecule has 1 saturated carbocycles. The van der Waals surface area contributed by atoms with E-state index in [1.165, 1.54) is 11.9 Å². The number of ether oxygens (including phenoxy) is 1. The molecule has 1 aliphatic rings. The monoisotopic (exact) mass is 368 g/mol. The topological polar surface area (TPSA) is 89.0 Å². The molecule has 1 fully saturated rings. The summed E-state index contributed by atoms with van der Waals surface area (Å²) in [6.45, 7) is 0. The van der Waals surface area contributed by atoms with Crippen LogP contribution in [0.15, 0.2) is 55.0 Å². The molecule has 5 rings (SSSR count). The van der Waals surface area contributed by atoms with Crippen molar-refractivity contribution in [3.8, 4) is 23.1 Å². The van der Waals surface area contributed by atoms with Gasteiger partial charge in [0.25, 0.3) is 5.78 Å². The number of nitriles is 1. The second kappa shape index (κ2) is 6.13. The fourth-order valence-electron chi connectivity index (χ4n) is 3.75. The van der Waals surface area contributed by atoms with Gasteiger partial charge in [0, 0.05) is 11.0 Å². The molecule has 1 aliphatic carbocycles. The van der Waals surface area contributed by atoms with Crippen LogP contribution >= 0.6 is 0 Å². The molecule has 2 heterocycles. The fraction of sp³-hybridized carbons (Fsp3) is 0.190. The van der Waals surface area contributed by atoms with Crippen LogP contribution in [-0.2, 0) is 5.41 Å². The van der Waals surface area contributed by atoms with Gasteiger partial charge in [-0.3, -0.25) is 0 Å². The highest BCUT2D eigenvalue weighted by Gasteiger charge is 2.47. The average Bonchev–Trinajstić information content (AvgIpc) is 3.43. The van der Waals surface area contributed by atoms with Gasteiger partial charge < -0.3 is 4.74 Å². The zero-order chi connectivity index (χ0) is 19.1. The maximum Gasteiger partial charge on any atom is 0.271 e. The fourth-order valence-corrected chi connectivity index (χ4v) is 3.75. The lowest BCUT2D eigenvalue weighted by Gasteiger charge is -2.21. The van der Waals surface area contributed by atoms with E-state index in [9.17, 15) is 5.26 Å². The summed E-state index contributed by atoms with van der Waals surface area (Å²) in [5, 5.41) is 21.8. The van der Waals surface area contributed by atoms with Gasteiger partial charge in [-0.05, 0) is 48.2 Å². The molecule has 0 bridgehead atoms. The van der Waals surface area contributed by atoms with Crippen molar-refractivity contribution >= 4 is 5.78 Å². The summed E-state index contributed by atoms with van der Waals surface area (Å²) >= 11 is 0. The van der Waals surface area contributed by atoms with E-state index >= 15 is 0 Å². The van der Waals surface area contributed by atoms with Crippen LogP contribution in [0.5, 0.6) is 5.75 Å². The minimum absolute atomic E-state index is 0.127. The highest BCUT2D eigenvalue weighted by molar-refractivity contribution is 5.69. The minimum Gasteiger partial charge on any atom is -0.497 e. The highest BCUT2D eigenvalue weighted by atomic mass is 16.5. The van der Waals surface area contributed by atoms with E-state index in [1.807, 2.05) is 30.3 Å². The molecule has 0 saturated heterocycles. The standard InChI is InChI=1S/C21H16N6O/c1-28-16-5-3-15(4-6-16)21(8-9-21)18-10-14(11-22)2-7-17(18)19-12-23-20-25-24-13-27(20)26-19/h2-7,10,12-13H,8-9H2,1H3. The Morgan fingerprint density at radius 3 is 2.68 bits per heavy atom. The Kier molecular flexibility index (Phi) is 3.59. The van der Waals surface area contributed by atoms with Gasteiger partial charge >= 0.3 is 0 Å². The smallest absolute Gasteiger partial charge is 0.271 e. The molecule has 7 heteroatoms. The van der Waals surface area contributed by atoms with Crippen LogP contribution in [0.1, 0.15) is 29.5 Å². The largest absolute Gasteiger partial charge is 0.497 e. The summed E-state index contributed by atoms with van der Waals surface area (Å²) in [7, 11) is 1.66. The van der Waals surface area contributed by atoms with Crippen LogP contribution in [-0.4, -0.2) is 31.9 Å². The van der Waals surface area contributed by atoms with Gasteiger partial charge in [0.2, 0.25) is 0 Å². The lowest BCUT2D eigenvalue weighted by atomic mass is 9.83. The predicted octanol–water partition coefficient (Wildman–Crippen LogP) is 3.15. The van der Waals surface area contributed by atoms with Gasteiger partial charge in [0.15, 0.2) is 0 Å². The third kappa shape index (κ3) is 2.50. The highest BCUT2D eigenvalue weighted by Crippen LogP contribution is 2.56. The van der Waals surface area contributed by atoms with Crippen molar-refractivity contribution in [1.82, 2.24) is 24.8 Å². The Morgan fingerprint density at radius 1 is 1.14 bits per heavy atom. The number of hydrogen-bond acceptors (Lipinski definition) is 6. The van der Waals surface area contributed by atoms with E-state index in [4.69, 9.17) is 4.74 Å². The van der Waals surface area contributed by atoms with Gasteiger partial charge in [-0.2, -0.15) is 14.9 Å². The number of rotatable bonds is 4. The number of aromatic nitrogens is 5. The van der Waals surface area contributed by atoms with E-state index in [-0.39, 0.29) is 5.41 Å². The van der Waals surface area contributed by atoms with Crippen LogP contribution in [0.3, 0.4) is 0 Å². The lowest BCUT2D eigenvalue weighted by Crippen LogP contribution is -2.12. The summed E-state index contributed by atoms with van der Waals surface area (Å²) in [6, 6.07) is 16.2. The molecule has 28 heavy (non-hydrogen) atoms. The molecule has 4 aromatic rings. The van der Waals surface area contributed by atoms with E-state index in [2.05, 4.69) is 38.5 Å². The van der Waals surface area contributed by atoms with Crippen LogP contribution < -0.4 is 4.74 Å². The third-order valence-electron chi connectivity index (χ3n) is 5.36. The van der Waals surface area contributed by atoms with Gasteiger partial charge in [-0.25, -0.2) is 4.98 Å². The summed E-state index contributed by atoms with van der Waals surface area (Å²) in [4.78, 5) is 4.34. The van der Waals surface area contributed by atoms with Crippen molar-refractivity contribution < 1.29 is 4.74 Å². The van der Waals surface area contributed by atoms with E-state index in [1.54, 1.807) is 17.8 Å². The number of hydrogen-bond donors (Lipinski definition) is 0. The van der Waals surface area contributed by atoms with Crippen LogP contribution in [0.2, 0.25) is 0 Å². The Labute approximate surface area is 161 Å². The molecule has 0 spiro atoms. The van der Waals surface area contributed by atoms with E-state index in [0.29, 0.717) is 11.3 Å². The molecule has 2 aromatic heterocycles. The first-order valence-electron chi connectivity index (χ1n) is 8.96. The number of benzene rings is 2. The Balaban J connectivity index is 1.68. The first-order valence-corrected chi connectivity index (χ1v) is 8.96.